The Bertz CT molecular complexity index is 437. The Morgan fingerprint density at radius 2 is 2.00 bits per heavy atom. The van der Waals surface area contributed by atoms with Gasteiger partial charge in [-0.05, 0) is 55.9 Å². The Balaban J connectivity index is 2.51. The van der Waals surface area contributed by atoms with Crippen molar-refractivity contribution >= 4 is 0 Å². The average Bonchev–Trinajstić information content (AvgIpc) is 2.18. The van der Waals surface area contributed by atoms with E-state index in [-0.39, 0.29) is 5.54 Å². The third-order valence-corrected chi connectivity index (χ3v) is 3.61. The summed E-state index contributed by atoms with van der Waals surface area (Å²) in [6, 6.07) is 6.34. The minimum Gasteiger partial charge on any atom is -0.321 e. The van der Waals surface area contributed by atoms with E-state index >= 15 is 0 Å². The lowest BCUT2D eigenvalue weighted by Gasteiger charge is -2.39. The second-order valence-electron chi connectivity index (χ2n) is 4.59. The molecule has 2 heteroatoms. The summed E-state index contributed by atoms with van der Waals surface area (Å²) in [7, 11) is 0. The molecule has 0 heterocycles. The van der Waals surface area contributed by atoms with Crippen LogP contribution in [0.15, 0.2) is 12.1 Å². The molecule has 15 heavy (non-hydrogen) atoms. The zero-order valence-electron chi connectivity index (χ0n) is 9.30. The van der Waals surface area contributed by atoms with Gasteiger partial charge in [0.05, 0.1) is 11.6 Å². The third-order valence-electron chi connectivity index (χ3n) is 3.61. The molecule has 0 bridgehead atoms. The van der Waals surface area contributed by atoms with Crippen LogP contribution in [-0.2, 0) is 5.54 Å². The van der Waals surface area contributed by atoms with Gasteiger partial charge < -0.3 is 5.73 Å². The molecule has 0 spiro atoms. The largest absolute Gasteiger partial charge is 0.321 e. The number of rotatable bonds is 1. The molecule has 1 aromatic carbocycles. The van der Waals surface area contributed by atoms with Gasteiger partial charge in [0.15, 0.2) is 0 Å². The fraction of sp³-hybridized carbons (Fsp3) is 0.462. The van der Waals surface area contributed by atoms with E-state index in [1.807, 2.05) is 19.9 Å². The van der Waals surface area contributed by atoms with Gasteiger partial charge in [-0.15, -0.1) is 0 Å². The highest BCUT2D eigenvalue weighted by Crippen LogP contribution is 2.39. The summed E-state index contributed by atoms with van der Waals surface area (Å²) in [4.78, 5) is 0. The number of nitriles is 1. The van der Waals surface area contributed by atoms with Crippen LogP contribution in [-0.4, -0.2) is 0 Å². The summed E-state index contributed by atoms with van der Waals surface area (Å²) in [5.74, 6) is 0. The van der Waals surface area contributed by atoms with Crippen LogP contribution in [0.25, 0.3) is 0 Å². The first-order chi connectivity index (χ1) is 7.07. The van der Waals surface area contributed by atoms with E-state index in [0.29, 0.717) is 0 Å². The van der Waals surface area contributed by atoms with Crippen molar-refractivity contribution in [3.63, 3.8) is 0 Å². The second kappa shape index (κ2) is 3.36. The van der Waals surface area contributed by atoms with Gasteiger partial charge in [0.25, 0.3) is 0 Å². The molecule has 2 N–H and O–H groups in total. The summed E-state index contributed by atoms with van der Waals surface area (Å²) in [5, 5.41) is 9.03. The van der Waals surface area contributed by atoms with Crippen LogP contribution in [0.4, 0.5) is 0 Å². The highest BCUT2D eigenvalue weighted by molar-refractivity contribution is 5.47. The number of hydrogen-bond donors (Lipinski definition) is 1. The lowest BCUT2D eigenvalue weighted by Crippen LogP contribution is -2.43. The first-order valence-corrected chi connectivity index (χ1v) is 5.37. The lowest BCUT2D eigenvalue weighted by molar-refractivity contribution is 0.253. The molecule has 0 amide bonds. The van der Waals surface area contributed by atoms with Crippen molar-refractivity contribution in [2.24, 2.45) is 5.73 Å². The minimum absolute atomic E-state index is 0.163. The van der Waals surface area contributed by atoms with Crippen LogP contribution in [0, 0.1) is 25.2 Å². The Morgan fingerprint density at radius 1 is 1.33 bits per heavy atom. The average molecular weight is 200 g/mol. The maximum Gasteiger partial charge on any atom is 0.0994 e. The molecule has 0 unspecified atom stereocenters. The summed E-state index contributed by atoms with van der Waals surface area (Å²) in [6.07, 6.45) is 3.28. The van der Waals surface area contributed by atoms with Crippen molar-refractivity contribution in [2.75, 3.05) is 0 Å². The Hall–Kier alpha value is -1.33. The molecule has 0 aliphatic heterocycles. The van der Waals surface area contributed by atoms with Crippen molar-refractivity contribution in [1.82, 2.24) is 0 Å². The molecule has 78 valence electrons. The molecule has 1 saturated carbocycles. The van der Waals surface area contributed by atoms with Crippen molar-refractivity contribution in [1.29, 1.82) is 5.26 Å². The van der Waals surface area contributed by atoms with Gasteiger partial charge in [-0.2, -0.15) is 5.26 Å². The van der Waals surface area contributed by atoms with E-state index in [0.717, 1.165) is 29.5 Å². The maximum absolute atomic E-state index is 9.03. The summed E-state index contributed by atoms with van der Waals surface area (Å²) >= 11 is 0. The quantitative estimate of drug-likeness (QED) is 0.757. The molecule has 2 rings (SSSR count). The lowest BCUT2D eigenvalue weighted by atomic mass is 9.72. The van der Waals surface area contributed by atoms with Gasteiger partial charge in [-0.1, -0.05) is 6.07 Å². The van der Waals surface area contributed by atoms with Crippen molar-refractivity contribution in [3.05, 3.63) is 34.4 Å². The SMILES string of the molecule is Cc1cc(C2(N)CCC2)cc(C#N)c1C. The molecular weight excluding hydrogens is 184 g/mol. The van der Waals surface area contributed by atoms with Crippen LogP contribution in [0.3, 0.4) is 0 Å². The van der Waals surface area contributed by atoms with E-state index in [1.165, 1.54) is 12.0 Å². The maximum atomic E-state index is 9.03. The molecular formula is C13H16N2. The monoisotopic (exact) mass is 200 g/mol. The van der Waals surface area contributed by atoms with E-state index in [1.54, 1.807) is 0 Å². The summed E-state index contributed by atoms with van der Waals surface area (Å²) in [6.45, 7) is 4.03. The predicted molar refractivity (Wildman–Crippen MR) is 60.3 cm³/mol. The zero-order valence-corrected chi connectivity index (χ0v) is 9.30. The minimum atomic E-state index is -0.163. The predicted octanol–water partition coefficient (Wildman–Crippen LogP) is 2.51. The third kappa shape index (κ3) is 1.53. The number of nitrogens with two attached hydrogens (primary N) is 1. The second-order valence-corrected chi connectivity index (χ2v) is 4.59. The van der Waals surface area contributed by atoms with Gasteiger partial charge in [0.1, 0.15) is 0 Å². The standard InChI is InChI=1S/C13H16N2/c1-9-6-12(13(15)4-3-5-13)7-11(8-14)10(9)2/h6-7H,3-5,15H2,1-2H3. The van der Waals surface area contributed by atoms with Crippen molar-refractivity contribution < 1.29 is 0 Å². The number of hydrogen-bond acceptors (Lipinski definition) is 2. The topological polar surface area (TPSA) is 49.8 Å². The van der Waals surface area contributed by atoms with Crippen LogP contribution >= 0.6 is 0 Å². The van der Waals surface area contributed by atoms with Gasteiger partial charge >= 0.3 is 0 Å². The first kappa shape index (κ1) is 10.2. The molecule has 1 fully saturated rings. The molecule has 0 aromatic heterocycles. The van der Waals surface area contributed by atoms with Crippen LogP contribution in [0.1, 0.15) is 41.5 Å². The van der Waals surface area contributed by atoms with Crippen LogP contribution in [0.2, 0.25) is 0 Å². The summed E-state index contributed by atoms with van der Waals surface area (Å²) in [5.41, 5.74) is 10.2. The Kier molecular flexibility index (Phi) is 2.28. The van der Waals surface area contributed by atoms with Gasteiger partial charge in [-0.25, -0.2) is 0 Å². The molecule has 2 nitrogen and oxygen atoms in total. The van der Waals surface area contributed by atoms with Crippen molar-refractivity contribution in [3.8, 4) is 6.07 Å². The molecule has 1 aliphatic carbocycles. The Morgan fingerprint density at radius 3 is 2.47 bits per heavy atom. The fourth-order valence-electron chi connectivity index (χ4n) is 2.11. The molecule has 0 atom stereocenters. The molecule has 0 radical (unpaired) electrons. The van der Waals surface area contributed by atoms with E-state index in [9.17, 15) is 0 Å². The number of nitrogens with zero attached hydrogens (tertiary/aromatic N) is 1. The van der Waals surface area contributed by atoms with E-state index in [4.69, 9.17) is 11.0 Å². The van der Waals surface area contributed by atoms with Crippen molar-refractivity contribution in [2.45, 2.75) is 38.6 Å². The van der Waals surface area contributed by atoms with Gasteiger partial charge in [0, 0.05) is 5.54 Å². The fourth-order valence-corrected chi connectivity index (χ4v) is 2.11. The Labute approximate surface area is 90.7 Å². The van der Waals surface area contributed by atoms with Crippen LogP contribution in [0.5, 0.6) is 0 Å². The van der Waals surface area contributed by atoms with Gasteiger partial charge in [0.2, 0.25) is 0 Å². The van der Waals surface area contributed by atoms with E-state index < -0.39 is 0 Å². The molecule has 1 aliphatic rings. The number of benzene rings is 1. The molecule has 1 aromatic rings. The normalized spacial score (nSPS) is 18.0. The van der Waals surface area contributed by atoms with E-state index in [2.05, 4.69) is 12.1 Å². The highest BCUT2D eigenvalue weighted by atomic mass is 14.8. The van der Waals surface area contributed by atoms with Crippen LogP contribution < -0.4 is 5.73 Å². The zero-order chi connectivity index (χ0) is 11.1. The smallest absolute Gasteiger partial charge is 0.0994 e. The molecule has 0 saturated heterocycles. The first-order valence-electron chi connectivity index (χ1n) is 5.37. The highest BCUT2D eigenvalue weighted by Gasteiger charge is 2.34. The summed E-state index contributed by atoms with van der Waals surface area (Å²) < 4.78 is 0. The number of aryl methyl sites for hydroxylation is 1. The van der Waals surface area contributed by atoms with Gasteiger partial charge in [-0.3, -0.25) is 0 Å².